The third-order valence-electron chi connectivity index (χ3n) is 17.7. The number of carbonyl (C=O) groups excluding carboxylic acids is 3. The van der Waals surface area contributed by atoms with Crippen LogP contribution in [0.4, 0.5) is 0 Å². The minimum absolute atomic E-state index is 0.0802. The fraction of sp³-hybridized carbons (Fsp3) is 0.681. The van der Waals surface area contributed by atoms with Gasteiger partial charge < -0.3 is 34.2 Å². The van der Waals surface area contributed by atoms with Crippen molar-refractivity contribution in [2.45, 2.75) is 360 Å². The smallest absolute Gasteiger partial charge is 0.463 e. The predicted octanol–water partition coefficient (Wildman–Crippen LogP) is 25.8. The zero-order chi connectivity index (χ0) is 79.4. The van der Waals surface area contributed by atoms with Gasteiger partial charge >= 0.3 is 33.6 Å². The first-order chi connectivity index (χ1) is 53.2. The highest BCUT2D eigenvalue weighted by molar-refractivity contribution is 7.47. The molecule has 624 valence electrons. The molecule has 0 aliphatic carbocycles. The molecule has 0 aliphatic heterocycles. The lowest BCUT2D eigenvalue weighted by atomic mass is 10.0. The summed E-state index contributed by atoms with van der Waals surface area (Å²) in [5.41, 5.74) is 0. The van der Waals surface area contributed by atoms with Crippen LogP contribution in [0, 0.1) is 0 Å². The average molecular weight is 1570 g/mol. The van der Waals surface area contributed by atoms with Gasteiger partial charge in [-0.1, -0.05) is 339 Å². The zero-order valence-corrected chi connectivity index (χ0v) is 70.2. The third kappa shape index (κ3) is 83.9. The fourth-order valence-corrected chi connectivity index (χ4v) is 12.9. The van der Waals surface area contributed by atoms with E-state index < -0.39 is 91.5 Å². The van der Waals surface area contributed by atoms with Gasteiger partial charge in [0, 0.05) is 19.3 Å². The summed E-state index contributed by atoms with van der Waals surface area (Å²) >= 11 is 0. The maximum Gasteiger partial charge on any atom is 0.472 e. The van der Waals surface area contributed by atoms with Gasteiger partial charge in [-0.05, 0) is 141 Å². The number of phosphoric ester groups is 2. The van der Waals surface area contributed by atoms with E-state index in [4.69, 9.17) is 32.3 Å². The van der Waals surface area contributed by atoms with Crippen molar-refractivity contribution in [1.29, 1.82) is 0 Å². The summed E-state index contributed by atoms with van der Waals surface area (Å²) in [4.78, 5) is 58.8. The number of aliphatic hydroxyl groups excluding tert-OH is 2. The molecule has 5 atom stereocenters. The highest BCUT2D eigenvalue weighted by atomic mass is 31.2. The molecule has 0 aliphatic rings. The molecule has 0 aromatic carbocycles. The van der Waals surface area contributed by atoms with Crippen molar-refractivity contribution < 1.29 is 75.8 Å². The Morgan fingerprint density at radius 2 is 0.459 bits per heavy atom. The molecule has 0 spiro atoms. The summed E-state index contributed by atoms with van der Waals surface area (Å²) in [5.74, 6) is -1.60. The van der Waals surface area contributed by atoms with Gasteiger partial charge in [-0.15, -0.1) is 0 Å². The fourth-order valence-electron chi connectivity index (χ4n) is 11.3. The maximum absolute atomic E-state index is 13.0. The Bertz CT molecular complexity index is 2610. The van der Waals surface area contributed by atoms with Crippen LogP contribution in [0.15, 0.2) is 158 Å². The third-order valence-corrected chi connectivity index (χ3v) is 19.6. The van der Waals surface area contributed by atoms with Crippen molar-refractivity contribution in [3.05, 3.63) is 158 Å². The summed E-state index contributed by atoms with van der Waals surface area (Å²) < 4.78 is 61.3. The lowest BCUT2D eigenvalue weighted by Gasteiger charge is -2.21. The normalized spacial score (nSPS) is 14.7. The second-order valence-electron chi connectivity index (χ2n) is 28.2. The first-order valence-electron chi connectivity index (χ1n) is 42.8. The van der Waals surface area contributed by atoms with Crippen molar-refractivity contribution >= 4 is 33.6 Å². The molecule has 0 saturated carbocycles. The maximum atomic E-state index is 13.0. The minimum atomic E-state index is -4.94. The first kappa shape index (κ1) is 104. The van der Waals surface area contributed by atoms with Gasteiger partial charge in [0.2, 0.25) is 0 Å². The van der Waals surface area contributed by atoms with E-state index in [-0.39, 0.29) is 19.3 Å². The SMILES string of the molecule is CC/C=C\C/C=C\C/C=C\C/C=C\C/C=C\CCCCCCCCCCCCCCCCCCCC(=O)OCC(O)COP(=O)(O)OCC(O)COP(=O)(O)OCC(COC(=O)CCCCCCCCCCC/C=C\C/C=C\C/C=C\C/C=C\C/C=C\CC)OC(=O)CCCCCCC/C=C\C/C=C\C/C=C\CC. The largest absolute Gasteiger partial charge is 0.472 e. The molecular formula is C91H154O16P2. The number of aliphatic hydroxyl groups is 2. The molecule has 16 nitrogen and oxygen atoms in total. The minimum Gasteiger partial charge on any atom is -0.463 e. The zero-order valence-electron chi connectivity index (χ0n) is 68.4. The molecule has 0 saturated heterocycles. The van der Waals surface area contributed by atoms with Gasteiger partial charge in [0.1, 0.15) is 25.4 Å². The summed E-state index contributed by atoms with van der Waals surface area (Å²) in [6, 6.07) is 0. The highest BCUT2D eigenvalue weighted by Crippen LogP contribution is 2.45. The summed E-state index contributed by atoms with van der Waals surface area (Å²) in [7, 11) is -9.81. The van der Waals surface area contributed by atoms with Crippen LogP contribution in [0.2, 0.25) is 0 Å². The second kappa shape index (κ2) is 82.6. The van der Waals surface area contributed by atoms with E-state index in [1.165, 1.54) is 116 Å². The number of esters is 3. The van der Waals surface area contributed by atoms with Gasteiger partial charge in [-0.25, -0.2) is 9.13 Å². The number of allylic oxidation sites excluding steroid dienone is 26. The van der Waals surface area contributed by atoms with Gasteiger partial charge in [0.15, 0.2) is 6.10 Å². The molecule has 0 amide bonds. The summed E-state index contributed by atoms with van der Waals surface area (Å²) in [6.07, 6.45) is 104. The van der Waals surface area contributed by atoms with Crippen LogP contribution in [-0.4, -0.2) is 95.9 Å². The van der Waals surface area contributed by atoms with E-state index >= 15 is 0 Å². The number of carbonyl (C=O) groups is 3. The Kier molecular flexibility index (Phi) is 79.0. The molecule has 109 heavy (non-hydrogen) atoms. The van der Waals surface area contributed by atoms with E-state index in [1.807, 2.05) is 0 Å². The number of ether oxygens (including phenoxy) is 3. The van der Waals surface area contributed by atoms with Crippen molar-refractivity contribution in [2.24, 2.45) is 0 Å². The topological polar surface area (TPSA) is 231 Å². The van der Waals surface area contributed by atoms with Gasteiger partial charge in [0.05, 0.1) is 26.4 Å². The number of rotatable bonds is 80. The number of phosphoric acid groups is 2. The van der Waals surface area contributed by atoms with Crippen molar-refractivity contribution in [3.8, 4) is 0 Å². The van der Waals surface area contributed by atoms with Crippen molar-refractivity contribution in [3.63, 3.8) is 0 Å². The van der Waals surface area contributed by atoms with Crippen LogP contribution in [0.5, 0.6) is 0 Å². The van der Waals surface area contributed by atoms with Crippen LogP contribution in [0.1, 0.15) is 342 Å². The quantitative estimate of drug-likeness (QED) is 0.0146. The molecule has 0 aromatic rings. The molecule has 0 radical (unpaired) electrons. The van der Waals surface area contributed by atoms with E-state index in [9.17, 15) is 43.5 Å². The van der Waals surface area contributed by atoms with Crippen LogP contribution >= 0.6 is 15.6 Å². The Morgan fingerprint density at radius 3 is 0.725 bits per heavy atom. The van der Waals surface area contributed by atoms with E-state index in [0.717, 1.165) is 167 Å². The molecular weight excluding hydrogens is 1410 g/mol. The molecule has 0 aromatic heterocycles. The first-order valence-corrected chi connectivity index (χ1v) is 45.8. The molecule has 18 heteroatoms. The van der Waals surface area contributed by atoms with Crippen LogP contribution in [0.3, 0.4) is 0 Å². The molecule has 0 rings (SSSR count). The summed E-state index contributed by atoms with van der Waals surface area (Å²) in [5, 5.41) is 20.7. The average Bonchev–Trinajstić information content (AvgIpc) is 0.903. The molecule has 0 bridgehead atoms. The van der Waals surface area contributed by atoms with Crippen molar-refractivity contribution in [1.82, 2.24) is 0 Å². The lowest BCUT2D eigenvalue weighted by molar-refractivity contribution is -0.161. The number of hydrogen-bond donors (Lipinski definition) is 4. The van der Waals surface area contributed by atoms with Gasteiger partial charge in [-0.3, -0.25) is 32.5 Å². The number of hydrogen-bond acceptors (Lipinski definition) is 14. The lowest BCUT2D eigenvalue weighted by Crippen LogP contribution is -2.30. The molecule has 0 heterocycles. The van der Waals surface area contributed by atoms with E-state index in [0.29, 0.717) is 19.3 Å². The number of unbranched alkanes of at least 4 members (excludes halogenated alkanes) is 31. The molecule has 0 fully saturated rings. The van der Waals surface area contributed by atoms with Crippen molar-refractivity contribution in [2.75, 3.05) is 39.6 Å². The molecule has 5 unspecified atom stereocenters. The van der Waals surface area contributed by atoms with Crippen LogP contribution in [-0.2, 0) is 55.8 Å². The van der Waals surface area contributed by atoms with Gasteiger partial charge in [0.25, 0.3) is 0 Å². The van der Waals surface area contributed by atoms with Crippen LogP contribution < -0.4 is 0 Å². The van der Waals surface area contributed by atoms with Crippen LogP contribution in [0.25, 0.3) is 0 Å². The Balaban J connectivity index is 4.47. The highest BCUT2D eigenvalue weighted by Gasteiger charge is 2.29. The van der Waals surface area contributed by atoms with E-state index in [1.54, 1.807) is 0 Å². The Morgan fingerprint density at radius 1 is 0.257 bits per heavy atom. The van der Waals surface area contributed by atoms with Gasteiger partial charge in [-0.2, -0.15) is 0 Å². The monoisotopic (exact) mass is 1570 g/mol. The summed E-state index contributed by atoms with van der Waals surface area (Å²) in [6.45, 7) is 2.34. The Hall–Kier alpha value is -4.83. The standard InChI is InChI=1S/C91H154O16P2/c1-4-7-10-13-16-19-22-25-28-30-32-34-36-38-39-40-41-42-43-44-45-47-49-50-52-54-57-59-62-65-68-71-74-77-89(94)101-80-86(92)81-103-108(97,98)104-82-87(93)83-105-109(99,100)106-85-88(107-91(96)79-76-73-70-67-64-61-56-27-24-21-18-15-12-9-6-3)84-102-90(95)78-75-72-69-66-63-60-58-55-53-51-48-46-37-35-33-31-29-26-23-20-17-14-11-8-5-2/h7-12,16-21,25-29,32-35,38-39,46,48,56,86-88,92-93H,4-6,13-15,22-24,30-31,36-37,40-45,47,49-55,57-85H2,1-3H3,(H,97,98)(H,99,100)/b10-7-,11-8-,12-9-,19-16-,20-17-,21-18-,28-25-,29-26-,34-32-,35-33-,39-38-,48-46-,56-27-. The van der Waals surface area contributed by atoms with E-state index in [2.05, 4.69) is 179 Å². The molecule has 4 N–H and O–H groups in total. The Labute approximate surface area is 663 Å². The predicted molar refractivity (Wildman–Crippen MR) is 454 cm³/mol. The second-order valence-corrected chi connectivity index (χ2v) is 31.1.